The average Bonchev–Trinajstić information content (AvgIpc) is 1.70. The zero-order valence-electron chi connectivity index (χ0n) is 7.58. The van der Waals surface area contributed by atoms with E-state index in [1.165, 1.54) is 32.6 Å². The molecule has 0 N–H and O–H groups in total. The third-order valence-corrected chi connectivity index (χ3v) is 3.03. The molecule has 2 fully saturated rings. The molecule has 0 aliphatic carbocycles. The summed E-state index contributed by atoms with van der Waals surface area (Å²) in [6.07, 6.45) is 1.43. The van der Waals surface area contributed by atoms with Gasteiger partial charge in [0, 0.05) is 25.2 Å². The minimum Gasteiger partial charge on any atom is -0.298 e. The summed E-state index contributed by atoms with van der Waals surface area (Å²) >= 11 is 0. The summed E-state index contributed by atoms with van der Waals surface area (Å²) < 4.78 is 0. The maximum Gasteiger partial charge on any atom is 0.0350 e. The highest BCUT2D eigenvalue weighted by Crippen LogP contribution is 2.21. The summed E-state index contributed by atoms with van der Waals surface area (Å²) in [5, 5.41) is 0. The molecule has 11 heavy (non-hydrogen) atoms. The third-order valence-electron chi connectivity index (χ3n) is 3.03. The Morgan fingerprint density at radius 1 is 1.18 bits per heavy atom. The topological polar surface area (TPSA) is 6.48 Å². The Kier molecular flexibility index (Phi) is 1.90. The van der Waals surface area contributed by atoms with E-state index >= 15 is 0 Å². The number of rotatable bonds is 2. The minimum atomic E-state index is 0.757. The molecule has 2 aliphatic rings. The molecule has 0 radical (unpaired) electrons. The van der Waals surface area contributed by atoms with Crippen LogP contribution in [-0.2, 0) is 0 Å². The number of hydrogen-bond acceptors (Lipinski definition) is 2. The van der Waals surface area contributed by atoms with Crippen molar-refractivity contribution in [2.75, 3.05) is 26.2 Å². The van der Waals surface area contributed by atoms with Crippen LogP contribution in [0.5, 0.6) is 0 Å². The minimum absolute atomic E-state index is 0.757. The van der Waals surface area contributed by atoms with E-state index in [9.17, 15) is 0 Å². The molecule has 2 nitrogen and oxygen atoms in total. The van der Waals surface area contributed by atoms with Crippen LogP contribution in [-0.4, -0.2) is 48.1 Å². The standard InChI is InChI=1S/C9H18N2/c1-8(2)11-6-9(7-11)10-4-3-5-10/h8-9H,3-7H2,1-2H3. The smallest absolute Gasteiger partial charge is 0.0350 e. The predicted molar refractivity (Wildman–Crippen MR) is 46.7 cm³/mol. The fourth-order valence-corrected chi connectivity index (χ4v) is 1.85. The van der Waals surface area contributed by atoms with Crippen LogP contribution >= 0.6 is 0 Å². The third kappa shape index (κ3) is 1.30. The van der Waals surface area contributed by atoms with Crippen molar-refractivity contribution in [2.45, 2.75) is 32.4 Å². The normalized spacial score (nSPS) is 28.6. The quantitative estimate of drug-likeness (QED) is 0.580. The first kappa shape index (κ1) is 7.56. The van der Waals surface area contributed by atoms with Crippen molar-refractivity contribution in [3.8, 4) is 0 Å². The van der Waals surface area contributed by atoms with Crippen LogP contribution < -0.4 is 0 Å². The van der Waals surface area contributed by atoms with Gasteiger partial charge in [-0.15, -0.1) is 0 Å². The first-order valence-electron chi connectivity index (χ1n) is 4.75. The van der Waals surface area contributed by atoms with Crippen molar-refractivity contribution in [1.29, 1.82) is 0 Å². The van der Waals surface area contributed by atoms with E-state index in [0.29, 0.717) is 0 Å². The van der Waals surface area contributed by atoms with Crippen molar-refractivity contribution in [1.82, 2.24) is 9.80 Å². The molecule has 2 heteroatoms. The molecule has 0 atom stereocenters. The molecular weight excluding hydrogens is 136 g/mol. The monoisotopic (exact) mass is 154 g/mol. The number of nitrogens with zero attached hydrogens (tertiary/aromatic N) is 2. The van der Waals surface area contributed by atoms with Crippen molar-refractivity contribution >= 4 is 0 Å². The van der Waals surface area contributed by atoms with Crippen LogP contribution in [0, 0.1) is 0 Å². The molecule has 2 heterocycles. The largest absolute Gasteiger partial charge is 0.298 e. The lowest BCUT2D eigenvalue weighted by atomic mass is 10.0. The summed E-state index contributed by atoms with van der Waals surface area (Å²) in [5.74, 6) is 0. The van der Waals surface area contributed by atoms with Gasteiger partial charge in [-0.3, -0.25) is 9.80 Å². The summed E-state index contributed by atoms with van der Waals surface area (Å²) in [6.45, 7) is 9.92. The summed E-state index contributed by atoms with van der Waals surface area (Å²) in [6, 6.07) is 1.67. The Morgan fingerprint density at radius 3 is 2.18 bits per heavy atom. The second-order valence-electron chi connectivity index (χ2n) is 4.09. The Bertz CT molecular complexity index is 134. The summed E-state index contributed by atoms with van der Waals surface area (Å²) in [4.78, 5) is 5.15. The van der Waals surface area contributed by atoms with Crippen molar-refractivity contribution < 1.29 is 0 Å². The van der Waals surface area contributed by atoms with Gasteiger partial charge >= 0.3 is 0 Å². The predicted octanol–water partition coefficient (Wildman–Crippen LogP) is 0.785. The molecular formula is C9H18N2. The second-order valence-corrected chi connectivity index (χ2v) is 4.09. The molecule has 0 amide bonds. The van der Waals surface area contributed by atoms with Crippen LogP contribution in [0.1, 0.15) is 20.3 Å². The van der Waals surface area contributed by atoms with Crippen molar-refractivity contribution in [2.24, 2.45) is 0 Å². The lowest BCUT2D eigenvalue weighted by Crippen LogP contribution is -2.64. The van der Waals surface area contributed by atoms with Gasteiger partial charge in [0.1, 0.15) is 0 Å². The van der Waals surface area contributed by atoms with Gasteiger partial charge in [-0.2, -0.15) is 0 Å². The fourth-order valence-electron chi connectivity index (χ4n) is 1.85. The number of hydrogen-bond donors (Lipinski definition) is 0. The van der Waals surface area contributed by atoms with E-state index in [1.807, 2.05) is 0 Å². The molecule has 0 saturated carbocycles. The molecule has 0 bridgehead atoms. The maximum absolute atomic E-state index is 2.61. The zero-order chi connectivity index (χ0) is 7.84. The van der Waals surface area contributed by atoms with Crippen LogP contribution in [0.4, 0.5) is 0 Å². The van der Waals surface area contributed by atoms with Gasteiger partial charge in [0.15, 0.2) is 0 Å². The van der Waals surface area contributed by atoms with Gasteiger partial charge in [0.2, 0.25) is 0 Å². The number of likely N-dealkylation sites (tertiary alicyclic amines) is 2. The molecule has 64 valence electrons. The lowest BCUT2D eigenvalue weighted by molar-refractivity contribution is -0.0151. The van der Waals surface area contributed by atoms with Crippen LogP contribution in [0.2, 0.25) is 0 Å². The maximum atomic E-state index is 2.61. The van der Waals surface area contributed by atoms with Gasteiger partial charge in [0.25, 0.3) is 0 Å². The van der Waals surface area contributed by atoms with Crippen molar-refractivity contribution in [3.05, 3.63) is 0 Å². The fraction of sp³-hybridized carbons (Fsp3) is 1.00. The Balaban J connectivity index is 1.70. The molecule has 0 aromatic heterocycles. The highest BCUT2D eigenvalue weighted by molar-refractivity contribution is 4.92. The molecule has 0 unspecified atom stereocenters. The van der Waals surface area contributed by atoms with E-state index in [0.717, 1.165) is 12.1 Å². The molecule has 2 aliphatic heterocycles. The van der Waals surface area contributed by atoms with Gasteiger partial charge in [-0.25, -0.2) is 0 Å². The lowest BCUT2D eigenvalue weighted by Gasteiger charge is -2.50. The first-order chi connectivity index (χ1) is 5.27. The second kappa shape index (κ2) is 2.76. The average molecular weight is 154 g/mol. The van der Waals surface area contributed by atoms with Gasteiger partial charge < -0.3 is 0 Å². The molecule has 2 rings (SSSR count). The molecule has 0 aromatic carbocycles. The van der Waals surface area contributed by atoms with E-state index in [4.69, 9.17) is 0 Å². The van der Waals surface area contributed by atoms with Gasteiger partial charge in [-0.1, -0.05) is 0 Å². The van der Waals surface area contributed by atoms with Gasteiger partial charge in [0.05, 0.1) is 0 Å². The summed E-state index contributed by atoms with van der Waals surface area (Å²) in [7, 11) is 0. The highest BCUT2D eigenvalue weighted by atomic mass is 15.3. The molecule has 0 spiro atoms. The van der Waals surface area contributed by atoms with E-state index in [-0.39, 0.29) is 0 Å². The molecule has 2 saturated heterocycles. The van der Waals surface area contributed by atoms with Crippen LogP contribution in [0.15, 0.2) is 0 Å². The van der Waals surface area contributed by atoms with E-state index in [2.05, 4.69) is 23.6 Å². The van der Waals surface area contributed by atoms with Gasteiger partial charge in [-0.05, 0) is 33.4 Å². The van der Waals surface area contributed by atoms with Crippen LogP contribution in [0.25, 0.3) is 0 Å². The van der Waals surface area contributed by atoms with E-state index < -0.39 is 0 Å². The van der Waals surface area contributed by atoms with Crippen molar-refractivity contribution in [3.63, 3.8) is 0 Å². The SMILES string of the molecule is CC(C)N1CC(N2CCC2)C1. The van der Waals surface area contributed by atoms with Crippen LogP contribution in [0.3, 0.4) is 0 Å². The molecule has 0 aromatic rings. The van der Waals surface area contributed by atoms with E-state index in [1.54, 1.807) is 0 Å². The first-order valence-corrected chi connectivity index (χ1v) is 4.75. The summed E-state index contributed by atoms with van der Waals surface area (Å²) in [5.41, 5.74) is 0. The Hall–Kier alpha value is -0.0800. The Morgan fingerprint density at radius 2 is 1.82 bits per heavy atom. The zero-order valence-corrected chi connectivity index (χ0v) is 7.58. The highest BCUT2D eigenvalue weighted by Gasteiger charge is 2.34. The Labute approximate surface area is 69.2 Å².